The molecule has 1 aliphatic heterocycles. The van der Waals surface area contributed by atoms with Gasteiger partial charge in [-0.05, 0) is 48.3 Å². The summed E-state index contributed by atoms with van der Waals surface area (Å²) in [6, 6.07) is 3.96. The summed E-state index contributed by atoms with van der Waals surface area (Å²) < 4.78 is 16.3. The number of allylic oxidation sites excluding steroid dienone is 4. The van der Waals surface area contributed by atoms with E-state index in [1.807, 2.05) is 24.3 Å². The number of ether oxygens (including phenoxy) is 3. The highest BCUT2D eigenvalue weighted by Gasteiger charge is 2.47. The van der Waals surface area contributed by atoms with E-state index < -0.39 is 5.41 Å². The molecule has 4 rings (SSSR count). The highest BCUT2D eigenvalue weighted by atomic mass is 16.5. The van der Waals surface area contributed by atoms with Gasteiger partial charge in [0.05, 0.1) is 26.7 Å². The number of benzene rings is 1. The number of fused-ring (bicyclic) bond motifs is 3. The quantitative estimate of drug-likeness (QED) is 0.774. The van der Waals surface area contributed by atoms with Crippen LogP contribution in [-0.2, 0) is 26.2 Å². The summed E-state index contributed by atoms with van der Waals surface area (Å²) in [5, 5.41) is 0. The molecule has 5 nitrogen and oxygen atoms in total. The Morgan fingerprint density at radius 2 is 1.76 bits per heavy atom. The monoisotopic (exact) mass is 340 g/mol. The number of hydrogen-bond acceptors (Lipinski definition) is 5. The average Bonchev–Trinajstić information content (AvgIpc) is 2.89. The van der Waals surface area contributed by atoms with E-state index in [9.17, 15) is 9.59 Å². The minimum absolute atomic E-state index is 0.0394. The number of rotatable bonds is 2. The van der Waals surface area contributed by atoms with Crippen LogP contribution in [0, 0.1) is 11.8 Å². The van der Waals surface area contributed by atoms with Crippen LogP contribution in [-0.4, -0.2) is 32.6 Å². The second-order valence-corrected chi connectivity index (χ2v) is 6.88. The zero-order valence-corrected chi connectivity index (χ0v) is 14.3. The summed E-state index contributed by atoms with van der Waals surface area (Å²) >= 11 is 0. The number of hydrogen-bond donors (Lipinski definition) is 0. The zero-order chi connectivity index (χ0) is 17.6. The van der Waals surface area contributed by atoms with Gasteiger partial charge in [-0.15, -0.1) is 0 Å². The topological polar surface area (TPSA) is 61.8 Å². The highest BCUT2D eigenvalue weighted by molar-refractivity contribution is 6.01. The van der Waals surface area contributed by atoms with Crippen molar-refractivity contribution in [2.45, 2.75) is 18.3 Å². The van der Waals surface area contributed by atoms with E-state index in [0.29, 0.717) is 24.5 Å². The molecule has 1 aromatic carbocycles. The van der Waals surface area contributed by atoms with Gasteiger partial charge in [0.15, 0.2) is 17.3 Å². The lowest BCUT2D eigenvalue weighted by molar-refractivity contribution is -0.141. The van der Waals surface area contributed by atoms with Gasteiger partial charge in [-0.25, -0.2) is 0 Å². The van der Waals surface area contributed by atoms with Crippen molar-refractivity contribution < 1.29 is 23.8 Å². The van der Waals surface area contributed by atoms with Gasteiger partial charge in [0.1, 0.15) is 0 Å². The summed E-state index contributed by atoms with van der Waals surface area (Å²) in [5.74, 6) is 1.10. The number of ketones is 1. The predicted octanol–water partition coefficient (Wildman–Crippen LogP) is 2.37. The first-order valence-corrected chi connectivity index (χ1v) is 8.41. The van der Waals surface area contributed by atoms with E-state index in [4.69, 9.17) is 14.2 Å². The molecule has 25 heavy (non-hydrogen) atoms. The van der Waals surface area contributed by atoms with Crippen molar-refractivity contribution in [1.29, 1.82) is 0 Å². The van der Waals surface area contributed by atoms with E-state index in [1.165, 1.54) is 0 Å². The standard InChI is InChI=1S/C20H20O5/c1-23-17-8-12-7-13-11-25-19(22)15(13)10-20(5-3-14(21)4-6-20)16(12)9-18(17)24-2/h3-6,8-9,13,15H,7,10-11H2,1-2H3/t13-,15+/m1/s1. The Hall–Kier alpha value is -2.56. The lowest BCUT2D eigenvalue weighted by Gasteiger charge is -2.32. The first-order valence-electron chi connectivity index (χ1n) is 8.41. The molecule has 0 aromatic heterocycles. The van der Waals surface area contributed by atoms with E-state index in [-0.39, 0.29) is 23.6 Å². The number of methoxy groups -OCH3 is 2. The largest absolute Gasteiger partial charge is 0.493 e. The number of carbonyl (C=O) groups is 2. The number of cyclic esters (lactones) is 1. The van der Waals surface area contributed by atoms with Crippen molar-refractivity contribution in [2.24, 2.45) is 11.8 Å². The molecule has 1 saturated heterocycles. The zero-order valence-electron chi connectivity index (χ0n) is 14.3. The molecule has 1 fully saturated rings. The molecule has 3 aliphatic rings. The molecule has 0 unspecified atom stereocenters. The van der Waals surface area contributed by atoms with Crippen LogP contribution in [0.4, 0.5) is 0 Å². The van der Waals surface area contributed by atoms with Crippen LogP contribution in [0.15, 0.2) is 36.4 Å². The first kappa shape index (κ1) is 15.9. The summed E-state index contributed by atoms with van der Waals surface area (Å²) in [5.41, 5.74) is 1.66. The molecule has 0 radical (unpaired) electrons. The molecule has 0 bridgehead atoms. The van der Waals surface area contributed by atoms with Crippen LogP contribution < -0.4 is 9.47 Å². The maximum atomic E-state index is 12.3. The summed E-state index contributed by atoms with van der Waals surface area (Å²) in [7, 11) is 3.22. The molecule has 2 atom stereocenters. The lowest BCUT2D eigenvalue weighted by Crippen LogP contribution is -2.29. The molecule has 5 heteroatoms. The van der Waals surface area contributed by atoms with Gasteiger partial charge < -0.3 is 14.2 Å². The maximum absolute atomic E-state index is 12.3. The molecular formula is C20H20O5. The molecule has 0 N–H and O–H groups in total. The third kappa shape index (κ3) is 2.46. The Labute approximate surface area is 146 Å². The van der Waals surface area contributed by atoms with Crippen molar-refractivity contribution in [1.82, 2.24) is 0 Å². The minimum Gasteiger partial charge on any atom is -0.493 e. The normalized spacial score (nSPS) is 26.0. The fourth-order valence-electron chi connectivity index (χ4n) is 4.22. The van der Waals surface area contributed by atoms with Crippen LogP contribution >= 0.6 is 0 Å². The molecular weight excluding hydrogens is 320 g/mol. The van der Waals surface area contributed by atoms with Crippen molar-refractivity contribution >= 4 is 11.8 Å². The highest BCUT2D eigenvalue weighted by Crippen LogP contribution is 2.48. The molecule has 2 aliphatic carbocycles. The molecule has 1 spiro atoms. The van der Waals surface area contributed by atoms with Gasteiger partial charge in [-0.2, -0.15) is 0 Å². The van der Waals surface area contributed by atoms with Crippen LogP contribution in [0.25, 0.3) is 0 Å². The van der Waals surface area contributed by atoms with Crippen molar-refractivity contribution in [3.63, 3.8) is 0 Å². The Balaban J connectivity index is 1.92. The predicted molar refractivity (Wildman–Crippen MR) is 90.8 cm³/mol. The van der Waals surface area contributed by atoms with Gasteiger partial charge in [-0.1, -0.05) is 12.2 Å². The first-order chi connectivity index (χ1) is 12.1. The Bertz CT molecular complexity index is 789. The summed E-state index contributed by atoms with van der Waals surface area (Å²) in [4.78, 5) is 24.0. The van der Waals surface area contributed by atoms with Gasteiger partial charge in [0.25, 0.3) is 0 Å². The van der Waals surface area contributed by atoms with Crippen LogP contribution in [0.1, 0.15) is 17.5 Å². The van der Waals surface area contributed by atoms with Gasteiger partial charge in [-0.3, -0.25) is 9.59 Å². The molecule has 0 saturated carbocycles. The number of carbonyl (C=O) groups excluding carboxylic acids is 2. The Morgan fingerprint density at radius 3 is 2.44 bits per heavy atom. The van der Waals surface area contributed by atoms with Crippen LogP contribution in [0.2, 0.25) is 0 Å². The number of esters is 1. The van der Waals surface area contributed by atoms with E-state index >= 15 is 0 Å². The van der Waals surface area contributed by atoms with Gasteiger partial charge >= 0.3 is 5.97 Å². The Kier molecular flexibility index (Phi) is 3.67. The molecule has 130 valence electrons. The lowest BCUT2D eigenvalue weighted by atomic mass is 9.71. The second kappa shape index (κ2) is 5.76. The van der Waals surface area contributed by atoms with E-state index in [2.05, 4.69) is 0 Å². The van der Waals surface area contributed by atoms with Crippen LogP contribution in [0.3, 0.4) is 0 Å². The minimum atomic E-state index is -0.508. The summed E-state index contributed by atoms with van der Waals surface area (Å²) in [6.07, 6.45) is 8.33. The van der Waals surface area contributed by atoms with Crippen molar-refractivity contribution in [3.05, 3.63) is 47.6 Å². The van der Waals surface area contributed by atoms with E-state index in [1.54, 1.807) is 26.4 Å². The van der Waals surface area contributed by atoms with Crippen molar-refractivity contribution in [2.75, 3.05) is 20.8 Å². The van der Waals surface area contributed by atoms with Gasteiger partial charge in [0, 0.05) is 11.3 Å². The second-order valence-electron chi connectivity index (χ2n) is 6.88. The van der Waals surface area contributed by atoms with Crippen LogP contribution in [0.5, 0.6) is 11.5 Å². The third-order valence-corrected chi connectivity index (χ3v) is 5.55. The molecule has 1 heterocycles. The van der Waals surface area contributed by atoms with Gasteiger partial charge in [0.2, 0.25) is 0 Å². The maximum Gasteiger partial charge on any atom is 0.309 e. The third-order valence-electron chi connectivity index (χ3n) is 5.55. The Morgan fingerprint density at radius 1 is 1.08 bits per heavy atom. The fourth-order valence-corrected chi connectivity index (χ4v) is 4.22. The molecule has 0 amide bonds. The molecule has 1 aromatic rings. The van der Waals surface area contributed by atoms with E-state index in [0.717, 1.165) is 17.5 Å². The SMILES string of the molecule is COc1cc2c(cc1OC)C1(C=CC(=O)C=C1)C[C@@H]1C(=O)OC[C@H]1C2. The smallest absolute Gasteiger partial charge is 0.309 e. The summed E-state index contributed by atoms with van der Waals surface area (Å²) in [6.45, 7) is 0.444. The fraction of sp³-hybridized carbons (Fsp3) is 0.400. The van der Waals surface area contributed by atoms with Crippen molar-refractivity contribution in [3.8, 4) is 11.5 Å². The average molecular weight is 340 g/mol.